The van der Waals surface area contributed by atoms with Gasteiger partial charge in [-0.1, -0.05) is 36.7 Å². The van der Waals surface area contributed by atoms with Crippen LogP contribution in [0.5, 0.6) is 0 Å². The third-order valence-electron chi connectivity index (χ3n) is 1.06. The Morgan fingerprint density at radius 1 is 0.941 bits per heavy atom. The molecule has 0 spiro atoms. The first kappa shape index (κ1) is 23.3. The summed E-state index contributed by atoms with van der Waals surface area (Å²) in [5.74, 6) is 0. The van der Waals surface area contributed by atoms with E-state index in [1.807, 2.05) is 14.1 Å². The normalized spacial score (nSPS) is 7.82. The van der Waals surface area contributed by atoms with Crippen LogP contribution in [0.1, 0.15) is 0 Å². The Hall–Kier alpha value is 1.24. The molecule has 0 bridgehead atoms. The second-order valence-electron chi connectivity index (χ2n) is 2.64. The van der Waals surface area contributed by atoms with Crippen molar-refractivity contribution in [3.8, 4) is 0 Å². The number of hydrogen-bond acceptors (Lipinski definition) is 3. The maximum absolute atomic E-state index is 4.65. The molecule has 10 heteroatoms. The predicted octanol–water partition coefficient (Wildman–Crippen LogP) is 1.36. The van der Waals surface area contributed by atoms with Crippen molar-refractivity contribution in [2.45, 2.75) is 0 Å². The molecular formula is C7H15MnN3S6. The van der Waals surface area contributed by atoms with E-state index in [0.717, 1.165) is 0 Å². The molecule has 3 nitrogen and oxygen atoms in total. The maximum atomic E-state index is 4.65. The van der Waals surface area contributed by atoms with Crippen LogP contribution in [0.25, 0.3) is 0 Å². The van der Waals surface area contributed by atoms with Crippen LogP contribution in [-0.2, 0) is 17.1 Å². The molecule has 0 aliphatic carbocycles. The molecule has 0 aliphatic heterocycles. The Morgan fingerprint density at radius 2 is 1.18 bits per heavy atom. The summed E-state index contributed by atoms with van der Waals surface area (Å²) < 4.78 is 1.61. The standard InChI is InChI=1S/C4H8N2S4.C3H7NS2.Mn/c7-3(8)5-1-2-6-4(9)10;1-4(2)3(5)6;/h1-2H2,(H2,5,7,8)(H2,6,9,10);1-2H3,(H,5,6);. The minimum Gasteiger partial charge on any atom is -0.369 e. The summed E-state index contributed by atoms with van der Waals surface area (Å²) in [6.07, 6.45) is 0. The summed E-state index contributed by atoms with van der Waals surface area (Å²) >= 11 is 25.5. The van der Waals surface area contributed by atoms with Gasteiger partial charge in [-0.25, -0.2) is 0 Å². The van der Waals surface area contributed by atoms with Crippen molar-refractivity contribution in [3.63, 3.8) is 0 Å². The van der Waals surface area contributed by atoms with Crippen LogP contribution in [0, 0.1) is 0 Å². The number of rotatable bonds is 3. The fourth-order valence-electron chi connectivity index (χ4n) is 0.339. The van der Waals surface area contributed by atoms with Crippen molar-refractivity contribution in [2.75, 3.05) is 27.2 Å². The van der Waals surface area contributed by atoms with Crippen molar-refractivity contribution in [3.05, 3.63) is 0 Å². The summed E-state index contributed by atoms with van der Waals surface area (Å²) in [6.45, 7) is 1.42. The van der Waals surface area contributed by atoms with Gasteiger partial charge < -0.3 is 15.5 Å². The Morgan fingerprint density at radius 3 is 1.29 bits per heavy atom. The molecule has 0 aromatic rings. The first-order valence-corrected chi connectivity index (χ1v) is 6.67. The fraction of sp³-hybridized carbons (Fsp3) is 0.571. The van der Waals surface area contributed by atoms with Crippen LogP contribution in [-0.4, -0.2) is 45.0 Å². The van der Waals surface area contributed by atoms with Crippen molar-refractivity contribution in [1.29, 1.82) is 0 Å². The summed E-state index contributed by atoms with van der Waals surface area (Å²) in [5.41, 5.74) is 0. The van der Waals surface area contributed by atoms with Gasteiger partial charge in [0, 0.05) is 44.3 Å². The average Bonchev–Trinajstić information content (AvgIpc) is 2.12. The van der Waals surface area contributed by atoms with Crippen molar-refractivity contribution < 1.29 is 17.1 Å². The molecule has 0 saturated carbocycles. The van der Waals surface area contributed by atoms with Crippen molar-refractivity contribution in [1.82, 2.24) is 15.5 Å². The van der Waals surface area contributed by atoms with E-state index in [-0.39, 0.29) is 17.1 Å². The van der Waals surface area contributed by atoms with Crippen LogP contribution in [0.15, 0.2) is 0 Å². The second-order valence-corrected chi connectivity index (χ2v) is 6.07. The van der Waals surface area contributed by atoms with Gasteiger partial charge in [-0.3, -0.25) is 0 Å². The molecule has 0 amide bonds. The predicted molar refractivity (Wildman–Crippen MR) is 94.4 cm³/mol. The summed E-state index contributed by atoms with van der Waals surface area (Å²) in [6, 6.07) is 0. The van der Waals surface area contributed by atoms with E-state index in [2.05, 4.69) is 85.2 Å². The minimum atomic E-state index is 0. The van der Waals surface area contributed by atoms with E-state index >= 15 is 0 Å². The quantitative estimate of drug-likeness (QED) is 0.217. The molecule has 0 heterocycles. The van der Waals surface area contributed by atoms with Crippen LogP contribution in [0.3, 0.4) is 0 Å². The van der Waals surface area contributed by atoms with E-state index < -0.39 is 0 Å². The van der Waals surface area contributed by atoms with E-state index in [9.17, 15) is 0 Å². The first-order valence-electron chi connectivity index (χ1n) is 4.11. The van der Waals surface area contributed by atoms with Gasteiger partial charge in [-0.05, 0) is 0 Å². The Balaban J connectivity index is -0.000000244. The van der Waals surface area contributed by atoms with Gasteiger partial charge in [-0.15, -0.1) is 37.9 Å². The number of thiocarbonyl (C=S) groups is 3. The molecule has 0 unspecified atom stereocenters. The Bertz CT molecular complexity index is 232. The van der Waals surface area contributed by atoms with Crippen LogP contribution in [0.4, 0.5) is 0 Å². The summed E-state index contributed by atoms with van der Waals surface area (Å²) in [7, 11) is 3.71. The summed E-state index contributed by atoms with van der Waals surface area (Å²) in [4.78, 5) is 1.76. The molecule has 0 aliphatic rings. The van der Waals surface area contributed by atoms with Crippen molar-refractivity contribution >= 4 is 87.5 Å². The van der Waals surface area contributed by atoms with Crippen molar-refractivity contribution in [2.24, 2.45) is 0 Å². The van der Waals surface area contributed by atoms with Crippen LogP contribution < -0.4 is 10.6 Å². The SMILES string of the molecule is CN(C)C(=S)S.S=C(S)NCCNC(=S)S.[Mn]. The van der Waals surface area contributed by atoms with Gasteiger partial charge in [0.15, 0.2) is 0 Å². The fourth-order valence-corrected chi connectivity index (χ4v) is 0.767. The molecule has 101 valence electrons. The maximum Gasteiger partial charge on any atom is 0.132 e. The molecule has 2 N–H and O–H groups in total. The topological polar surface area (TPSA) is 27.3 Å². The second kappa shape index (κ2) is 15.3. The molecule has 0 fully saturated rings. The largest absolute Gasteiger partial charge is 0.369 e. The average molecular weight is 389 g/mol. The zero-order chi connectivity index (χ0) is 13.1. The van der Waals surface area contributed by atoms with Gasteiger partial charge in [-0.2, -0.15) is 0 Å². The Kier molecular flexibility index (Phi) is 21.0. The number of nitrogens with one attached hydrogen (secondary N) is 2. The minimum absolute atomic E-state index is 0. The first-order chi connectivity index (χ1) is 7.27. The molecule has 17 heavy (non-hydrogen) atoms. The van der Waals surface area contributed by atoms with Crippen LogP contribution in [0.2, 0.25) is 0 Å². The van der Waals surface area contributed by atoms with E-state index in [4.69, 9.17) is 0 Å². The third kappa shape index (κ3) is 26.7. The smallest absolute Gasteiger partial charge is 0.132 e. The molecule has 0 saturated heterocycles. The van der Waals surface area contributed by atoms with Crippen LogP contribution >= 0.6 is 74.5 Å². The molecule has 0 aromatic heterocycles. The zero-order valence-electron chi connectivity index (χ0n) is 9.31. The molecular weight excluding hydrogens is 373 g/mol. The molecule has 1 radical (unpaired) electrons. The van der Waals surface area contributed by atoms with E-state index in [0.29, 0.717) is 26.1 Å². The van der Waals surface area contributed by atoms with Gasteiger partial charge >= 0.3 is 0 Å². The van der Waals surface area contributed by atoms with E-state index in [1.165, 1.54) is 0 Å². The third-order valence-corrected chi connectivity index (χ3v) is 2.43. The number of nitrogens with zero attached hydrogens (tertiary/aromatic N) is 1. The van der Waals surface area contributed by atoms with Gasteiger partial charge in [0.2, 0.25) is 0 Å². The molecule has 0 aromatic carbocycles. The zero-order valence-corrected chi connectivity index (χ0v) is 15.6. The summed E-state index contributed by atoms with van der Waals surface area (Å²) in [5, 5.41) is 5.68. The van der Waals surface area contributed by atoms with Gasteiger partial charge in [0.1, 0.15) is 13.0 Å². The molecule has 0 rings (SSSR count). The number of thiol groups is 3. The molecule has 0 atom stereocenters. The van der Waals surface area contributed by atoms with E-state index in [1.54, 1.807) is 4.90 Å². The van der Waals surface area contributed by atoms with Gasteiger partial charge in [0.05, 0.1) is 0 Å². The van der Waals surface area contributed by atoms with Gasteiger partial charge in [0.25, 0.3) is 0 Å². The number of hydrogen-bond donors (Lipinski definition) is 5. The monoisotopic (exact) mass is 388 g/mol. The Labute approximate surface area is 146 Å².